The van der Waals surface area contributed by atoms with E-state index in [9.17, 15) is 8.42 Å². The van der Waals surface area contributed by atoms with E-state index in [4.69, 9.17) is 0 Å². The molecule has 1 aromatic rings. The number of nitrogens with zero attached hydrogens (tertiary/aromatic N) is 2. The number of guanidine groups is 1. The number of benzene rings is 1. The lowest BCUT2D eigenvalue weighted by Crippen LogP contribution is -2.40. The molecule has 2 N–H and O–H groups in total. The first kappa shape index (κ1) is 20.1. The minimum absolute atomic E-state index is 0.382. The highest BCUT2D eigenvalue weighted by atomic mass is 32.2. The normalized spacial score (nSPS) is 22.3. The average molecular weight is 393 g/mol. The van der Waals surface area contributed by atoms with Gasteiger partial charge in [-0.1, -0.05) is 25.5 Å². The van der Waals surface area contributed by atoms with Gasteiger partial charge in [-0.3, -0.25) is 4.99 Å². The van der Waals surface area contributed by atoms with Gasteiger partial charge in [-0.2, -0.15) is 4.31 Å². The van der Waals surface area contributed by atoms with Crippen molar-refractivity contribution >= 4 is 16.0 Å². The molecule has 1 saturated carbocycles. The number of piperidine rings is 1. The molecule has 1 atom stereocenters. The molecule has 0 amide bonds. The van der Waals surface area contributed by atoms with Gasteiger partial charge in [0.05, 0.1) is 4.90 Å². The van der Waals surface area contributed by atoms with E-state index in [1.54, 1.807) is 23.5 Å². The van der Waals surface area contributed by atoms with Crippen molar-refractivity contribution in [1.29, 1.82) is 0 Å². The smallest absolute Gasteiger partial charge is 0.243 e. The van der Waals surface area contributed by atoms with Crippen molar-refractivity contribution in [2.45, 2.75) is 50.5 Å². The number of nitrogens with one attached hydrogen (secondary N) is 2. The van der Waals surface area contributed by atoms with Gasteiger partial charge in [0.2, 0.25) is 10.0 Å². The number of hydrogen-bond donors (Lipinski definition) is 2. The molecule has 1 aromatic carbocycles. The highest BCUT2D eigenvalue weighted by Gasteiger charge is 2.28. The molecule has 1 saturated heterocycles. The Morgan fingerprint density at radius 3 is 2.48 bits per heavy atom. The summed E-state index contributed by atoms with van der Waals surface area (Å²) in [5, 5.41) is 6.66. The van der Waals surface area contributed by atoms with Gasteiger partial charge in [0.25, 0.3) is 0 Å². The van der Waals surface area contributed by atoms with E-state index in [0.717, 1.165) is 36.8 Å². The lowest BCUT2D eigenvalue weighted by Gasteiger charge is -2.30. The van der Waals surface area contributed by atoms with Crippen LogP contribution in [0.15, 0.2) is 34.2 Å². The fourth-order valence-corrected chi connectivity index (χ4v) is 5.24. The summed E-state index contributed by atoms with van der Waals surface area (Å²) in [5.74, 6) is 1.99. The van der Waals surface area contributed by atoms with Gasteiger partial charge in [-0.05, 0) is 55.2 Å². The van der Waals surface area contributed by atoms with E-state index in [1.165, 1.54) is 19.3 Å². The van der Waals surface area contributed by atoms with Crippen molar-refractivity contribution in [2.24, 2.45) is 16.8 Å². The number of rotatable bonds is 6. The monoisotopic (exact) mass is 392 g/mol. The Morgan fingerprint density at radius 2 is 1.89 bits per heavy atom. The Balaban J connectivity index is 1.54. The van der Waals surface area contributed by atoms with Gasteiger partial charge in [-0.25, -0.2) is 8.42 Å². The fraction of sp³-hybridized carbons (Fsp3) is 0.650. The van der Waals surface area contributed by atoms with Gasteiger partial charge in [0.15, 0.2) is 5.96 Å². The second-order valence-electron chi connectivity index (χ2n) is 7.86. The molecular formula is C20H32N4O2S. The molecule has 2 aliphatic rings. The van der Waals surface area contributed by atoms with Crippen LogP contribution in [0.2, 0.25) is 0 Å². The molecule has 0 spiro atoms. The zero-order valence-corrected chi connectivity index (χ0v) is 17.3. The van der Waals surface area contributed by atoms with Crippen LogP contribution in [0.3, 0.4) is 0 Å². The predicted molar refractivity (Wildman–Crippen MR) is 109 cm³/mol. The molecule has 7 heteroatoms. The average Bonchev–Trinajstić information content (AvgIpc) is 2.63. The van der Waals surface area contributed by atoms with Crippen molar-refractivity contribution in [3.05, 3.63) is 29.8 Å². The third-order valence-electron chi connectivity index (χ3n) is 5.65. The molecule has 1 aliphatic carbocycles. The summed E-state index contributed by atoms with van der Waals surface area (Å²) < 4.78 is 27.3. The zero-order chi connectivity index (χ0) is 19.3. The summed E-state index contributed by atoms with van der Waals surface area (Å²) in [5.41, 5.74) is 1.03. The third kappa shape index (κ3) is 5.23. The minimum atomic E-state index is -3.39. The van der Waals surface area contributed by atoms with Gasteiger partial charge in [0.1, 0.15) is 0 Å². The maximum Gasteiger partial charge on any atom is 0.243 e. The molecule has 1 unspecified atom stereocenters. The quantitative estimate of drug-likeness (QED) is 0.576. The van der Waals surface area contributed by atoms with Crippen molar-refractivity contribution in [2.75, 3.05) is 26.7 Å². The van der Waals surface area contributed by atoms with Crippen LogP contribution < -0.4 is 10.6 Å². The molecular weight excluding hydrogens is 360 g/mol. The SMILES string of the molecule is CN=C(NCc1ccc(S(=O)(=O)N2CCCC(C)C2)cc1)NCC1CCC1. The van der Waals surface area contributed by atoms with Crippen LogP contribution in [-0.2, 0) is 16.6 Å². The lowest BCUT2D eigenvalue weighted by atomic mass is 9.85. The summed E-state index contributed by atoms with van der Waals surface area (Å²) >= 11 is 0. The van der Waals surface area contributed by atoms with Gasteiger partial charge < -0.3 is 10.6 Å². The first-order valence-electron chi connectivity index (χ1n) is 10.0. The highest BCUT2D eigenvalue weighted by molar-refractivity contribution is 7.89. The Hall–Kier alpha value is -1.60. The Morgan fingerprint density at radius 1 is 1.15 bits per heavy atom. The van der Waals surface area contributed by atoms with Crippen LogP contribution in [0.1, 0.15) is 44.6 Å². The molecule has 3 rings (SSSR count). The molecule has 6 nitrogen and oxygen atoms in total. The second kappa shape index (κ2) is 9.06. The van der Waals surface area contributed by atoms with E-state index in [1.807, 2.05) is 12.1 Å². The number of hydrogen-bond acceptors (Lipinski definition) is 3. The molecule has 1 aliphatic heterocycles. The Bertz CT molecular complexity index is 742. The molecule has 2 fully saturated rings. The zero-order valence-electron chi connectivity index (χ0n) is 16.4. The van der Waals surface area contributed by atoms with Crippen LogP contribution in [0.4, 0.5) is 0 Å². The van der Waals surface area contributed by atoms with Gasteiger partial charge in [-0.15, -0.1) is 0 Å². The Labute approximate surface area is 163 Å². The molecule has 0 radical (unpaired) electrons. The molecule has 1 heterocycles. The maximum atomic E-state index is 12.8. The van der Waals surface area contributed by atoms with Crippen LogP contribution >= 0.6 is 0 Å². The van der Waals surface area contributed by atoms with E-state index in [-0.39, 0.29) is 0 Å². The topological polar surface area (TPSA) is 73.8 Å². The number of aliphatic imine (C=N–C) groups is 1. The summed E-state index contributed by atoms with van der Waals surface area (Å²) in [6.45, 7) is 4.94. The van der Waals surface area contributed by atoms with Crippen molar-refractivity contribution in [1.82, 2.24) is 14.9 Å². The molecule has 0 bridgehead atoms. The van der Waals surface area contributed by atoms with Crippen LogP contribution in [0.5, 0.6) is 0 Å². The second-order valence-corrected chi connectivity index (χ2v) is 9.80. The van der Waals surface area contributed by atoms with Gasteiger partial charge >= 0.3 is 0 Å². The largest absolute Gasteiger partial charge is 0.356 e. The predicted octanol–water partition coefficient (Wildman–Crippen LogP) is 2.57. The Kier molecular flexibility index (Phi) is 6.76. The van der Waals surface area contributed by atoms with Crippen molar-refractivity contribution in [3.63, 3.8) is 0 Å². The van der Waals surface area contributed by atoms with E-state index < -0.39 is 10.0 Å². The number of sulfonamides is 1. The van der Waals surface area contributed by atoms with E-state index in [0.29, 0.717) is 30.4 Å². The lowest BCUT2D eigenvalue weighted by molar-refractivity contribution is 0.281. The van der Waals surface area contributed by atoms with Gasteiger partial charge in [0, 0.05) is 33.2 Å². The van der Waals surface area contributed by atoms with Crippen LogP contribution in [-0.4, -0.2) is 45.4 Å². The van der Waals surface area contributed by atoms with Crippen molar-refractivity contribution < 1.29 is 8.42 Å². The molecule has 150 valence electrons. The first-order chi connectivity index (χ1) is 13.0. The fourth-order valence-electron chi connectivity index (χ4n) is 3.64. The summed E-state index contributed by atoms with van der Waals surface area (Å²) in [7, 11) is -1.62. The third-order valence-corrected chi connectivity index (χ3v) is 7.53. The first-order valence-corrected chi connectivity index (χ1v) is 11.5. The van der Waals surface area contributed by atoms with Crippen molar-refractivity contribution in [3.8, 4) is 0 Å². The molecule has 27 heavy (non-hydrogen) atoms. The standard InChI is InChI=1S/C20H32N4O2S/c1-16-5-4-12-24(15-16)27(25,26)19-10-8-18(9-11-19)14-23-20(21-2)22-13-17-6-3-7-17/h8-11,16-17H,3-7,12-15H2,1-2H3,(H2,21,22,23). The summed E-state index contributed by atoms with van der Waals surface area (Å²) in [4.78, 5) is 4.63. The highest BCUT2D eigenvalue weighted by Crippen LogP contribution is 2.25. The van der Waals surface area contributed by atoms with E-state index >= 15 is 0 Å². The van der Waals surface area contributed by atoms with E-state index in [2.05, 4.69) is 22.5 Å². The summed E-state index contributed by atoms with van der Waals surface area (Å²) in [6, 6.07) is 7.20. The van der Waals surface area contributed by atoms with Crippen LogP contribution in [0, 0.1) is 11.8 Å². The summed E-state index contributed by atoms with van der Waals surface area (Å²) in [6.07, 6.45) is 5.98. The van der Waals surface area contributed by atoms with Crippen LogP contribution in [0.25, 0.3) is 0 Å². The molecule has 0 aromatic heterocycles. The minimum Gasteiger partial charge on any atom is -0.356 e. The maximum absolute atomic E-state index is 12.8.